The van der Waals surface area contributed by atoms with E-state index in [0.29, 0.717) is 36.2 Å². The summed E-state index contributed by atoms with van der Waals surface area (Å²) < 4.78 is 0. The van der Waals surface area contributed by atoms with Gasteiger partial charge < -0.3 is 16.0 Å². The molecule has 37 heavy (non-hydrogen) atoms. The van der Waals surface area contributed by atoms with E-state index in [0.717, 1.165) is 45.9 Å². The van der Waals surface area contributed by atoms with E-state index in [4.69, 9.17) is 27.3 Å². The van der Waals surface area contributed by atoms with Gasteiger partial charge in [-0.25, -0.2) is 9.97 Å². The molecule has 8 nitrogen and oxygen atoms in total. The number of nitrogens with one attached hydrogen (secondary N) is 1. The lowest BCUT2D eigenvalue weighted by Gasteiger charge is -2.16. The first-order valence-corrected chi connectivity index (χ1v) is 12.5. The SMILES string of the molecule is NC1CCN(C(=O)c2ccc(Nc3ncc4c(n3)-c3ccc(Cl)cc3C(c3ccccn3)=NC4)cc2)C1. The lowest BCUT2D eigenvalue weighted by molar-refractivity contribution is 0.0791. The maximum Gasteiger partial charge on any atom is 0.253 e. The molecule has 0 spiro atoms. The minimum atomic E-state index is -0.000223. The zero-order valence-electron chi connectivity index (χ0n) is 19.9. The van der Waals surface area contributed by atoms with Crippen LogP contribution in [0, 0.1) is 0 Å². The number of anilines is 2. The van der Waals surface area contributed by atoms with Crippen LogP contribution in [-0.2, 0) is 6.54 Å². The molecule has 2 aromatic heterocycles. The highest BCUT2D eigenvalue weighted by Gasteiger charge is 2.25. The third-order valence-corrected chi connectivity index (χ3v) is 6.81. The van der Waals surface area contributed by atoms with E-state index >= 15 is 0 Å². The number of benzene rings is 2. The third-order valence-electron chi connectivity index (χ3n) is 6.57. The number of halogens is 1. The number of carbonyl (C=O) groups excluding carboxylic acids is 1. The van der Waals surface area contributed by atoms with E-state index in [2.05, 4.69) is 15.3 Å². The summed E-state index contributed by atoms with van der Waals surface area (Å²) in [5.41, 5.74) is 12.4. The molecule has 4 heterocycles. The summed E-state index contributed by atoms with van der Waals surface area (Å²) in [6.45, 7) is 1.71. The minimum absolute atomic E-state index is 0.000223. The predicted octanol–water partition coefficient (Wildman–Crippen LogP) is 4.46. The molecule has 0 aliphatic carbocycles. The molecular formula is C28H24ClN7O. The number of hydrogen-bond donors (Lipinski definition) is 2. The smallest absolute Gasteiger partial charge is 0.253 e. The molecule has 1 saturated heterocycles. The molecule has 0 radical (unpaired) electrons. The number of rotatable bonds is 4. The summed E-state index contributed by atoms with van der Waals surface area (Å²) in [4.78, 5) is 33.2. The van der Waals surface area contributed by atoms with E-state index in [-0.39, 0.29) is 11.9 Å². The molecule has 2 aliphatic rings. The molecule has 3 N–H and O–H groups in total. The van der Waals surface area contributed by atoms with Gasteiger partial charge in [-0.2, -0.15) is 0 Å². The second kappa shape index (κ2) is 9.72. The molecule has 1 atom stereocenters. The molecule has 2 aliphatic heterocycles. The number of carbonyl (C=O) groups is 1. The Labute approximate surface area is 219 Å². The molecule has 1 amide bonds. The number of pyridine rings is 1. The topological polar surface area (TPSA) is 109 Å². The molecule has 6 rings (SSSR count). The Morgan fingerprint density at radius 1 is 1.05 bits per heavy atom. The number of aromatic nitrogens is 3. The van der Waals surface area contributed by atoms with Gasteiger partial charge in [0.25, 0.3) is 5.91 Å². The summed E-state index contributed by atoms with van der Waals surface area (Å²) >= 11 is 6.38. The molecular weight excluding hydrogens is 486 g/mol. The van der Waals surface area contributed by atoms with Crippen LogP contribution in [-0.4, -0.2) is 50.6 Å². The van der Waals surface area contributed by atoms with E-state index in [9.17, 15) is 4.79 Å². The number of likely N-dealkylation sites (tertiary alicyclic amines) is 1. The highest BCUT2D eigenvalue weighted by Crippen LogP contribution is 2.33. The van der Waals surface area contributed by atoms with Gasteiger partial charge in [0.2, 0.25) is 5.95 Å². The number of nitrogens with zero attached hydrogens (tertiary/aromatic N) is 5. The Morgan fingerprint density at radius 2 is 1.92 bits per heavy atom. The van der Waals surface area contributed by atoms with Gasteiger partial charge in [-0.3, -0.25) is 14.8 Å². The van der Waals surface area contributed by atoms with Crippen molar-refractivity contribution in [3.8, 4) is 11.3 Å². The van der Waals surface area contributed by atoms with Crippen LogP contribution < -0.4 is 11.1 Å². The van der Waals surface area contributed by atoms with Gasteiger partial charge in [-0.1, -0.05) is 23.7 Å². The van der Waals surface area contributed by atoms with Gasteiger partial charge in [0.1, 0.15) is 0 Å². The molecule has 184 valence electrons. The lowest BCUT2D eigenvalue weighted by Crippen LogP contribution is -2.31. The normalized spacial score (nSPS) is 16.4. The first kappa shape index (κ1) is 23.3. The third kappa shape index (κ3) is 4.69. The Bertz CT molecular complexity index is 1510. The Hall–Kier alpha value is -4.14. The van der Waals surface area contributed by atoms with E-state index in [1.54, 1.807) is 17.3 Å². The van der Waals surface area contributed by atoms with E-state index < -0.39 is 0 Å². The van der Waals surface area contributed by atoms with Crippen molar-refractivity contribution in [3.63, 3.8) is 0 Å². The van der Waals surface area contributed by atoms with Crippen LogP contribution in [0.2, 0.25) is 5.02 Å². The highest BCUT2D eigenvalue weighted by atomic mass is 35.5. The molecule has 1 unspecified atom stereocenters. The maximum absolute atomic E-state index is 12.7. The van der Waals surface area contributed by atoms with Crippen molar-refractivity contribution < 1.29 is 4.79 Å². The van der Waals surface area contributed by atoms with Crippen molar-refractivity contribution in [2.45, 2.75) is 19.0 Å². The standard InChI is InChI=1S/C28H24ClN7O/c29-19-6-9-22-23(13-19)26(24-3-1-2-11-31-24)32-14-18-15-33-28(35-25(18)22)34-21-7-4-17(5-8-21)27(37)36-12-10-20(30)16-36/h1-9,11,13,15,20H,10,12,14,16,30H2,(H,33,34,35). The Kier molecular flexibility index (Phi) is 6.12. The van der Waals surface area contributed by atoms with Gasteiger partial charge in [-0.05, 0) is 55.0 Å². The largest absolute Gasteiger partial charge is 0.337 e. The number of nitrogens with two attached hydrogens (primary N) is 1. The molecule has 0 saturated carbocycles. The van der Waals surface area contributed by atoms with Crippen LogP contribution in [0.15, 0.2) is 78.0 Å². The van der Waals surface area contributed by atoms with Crippen molar-refractivity contribution in [2.24, 2.45) is 10.7 Å². The number of amides is 1. The van der Waals surface area contributed by atoms with Crippen LogP contribution in [0.4, 0.5) is 11.6 Å². The average Bonchev–Trinajstić information content (AvgIpc) is 3.29. The van der Waals surface area contributed by atoms with Crippen LogP contribution in [0.25, 0.3) is 11.3 Å². The number of aliphatic imine (C=N–C) groups is 1. The van der Waals surface area contributed by atoms with Gasteiger partial charge in [0.05, 0.1) is 23.6 Å². The fourth-order valence-corrected chi connectivity index (χ4v) is 4.86. The van der Waals surface area contributed by atoms with Gasteiger partial charge >= 0.3 is 0 Å². The van der Waals surface area contributed by atoms with Gasteiger partial charge in [0, 0.05) is 64.5 Å². The predicted molar refractivity (Wildman–Crippen MR) is 144 cm³/mol. The zero-order chi connectivity index (χ0) is 25.4. The minimum Gasteiger partial charge on any atom is -0.337 e. The fraction of sp³-hybridized carbons (Fsp3) is 0.179. The first-order valence-electron chi connectivity index (χ1n) is 12.1. The van der Waals surface area contributed by atoms with Gasteiger partial charge in [-0.15, -0.1) is 0 Å². The molecule has 2 aromatic carbocycles. The van der Waals surface area contributed by atoms with Crippen LogP contribution in [0.5, 0.6) is 0 Å². The van der Waals surface area contributed by atoms with E-state index in [1.165, 1.54) is 0 Å². The maximum atomic E-state index is 12.7. The van der Waals surface area contributed by atoms with Crippen molar-refractivity contribution in [1.29, 1.82) is 0 Å². The van der Waals surface area contributed by atoms with Crippen LogP contribution >= 0.6 is 11.6 Å². The first-order chi connectivity index (χ1) is 18.0. The Balaban J connectivity index is 1.29. The molecule has 9 heteroatoms. The fourth-order valence-electron chi connectivity index (χ4n) is 4.69. The average molecular weight is 510 g/mol. The summed E-state index contributed by atoms with van der Waals surface area (Å²) in [6.07, 6.45) is 4.38. The monoisotopic (exact) mass is 509 g/mol. The molecule has 4 aromatic rings. The summed E-state index contributed by atoms with van der Waals surface area (Å²) in [7, 11) is 0. The van der Waals surface area contributed by atoms with Crippen molar-refractivity contribution in [2.75, 3.05) is 18.4 Å². The van der Waals surface area contributed by atoms with Crippen molar-refractivity contribution in [1.82, 2.24) is 19.9 Å². The van der Waals surface area contributed by atoms with E-state index in [1.807, 2.05) is 60.7 Å². The summed E-state index contributed by atoms with van der Waals surface area (Å²) in [5, 5.41) is 3.87. The summed E-state index contributed by atoms with van der Waals surface area (Å²) in [6, 6.07) is 18.8. The number of hydrogen-bond acceptors (Lipinski definition) is 7. The zero-order valence-corrected chi connectivity index (χ0v) is 20.7. The number of fused-ring (bicyclic) bond motifs is 3. The van der Waals surface area contributed by atoms with Crippen molar-refractivity contribution in [3.05, 3.63) is 100 Å². The van der Waals surface area contributed by atoms with Gasteiger partial charge in [0.15, 0.2) is 0 Å². The lowest BCUT2D eigenvalue weighted by atomic mass is 9.97. The summed E-state index contributed by atoms with van der Waals surface area (Å²) in [5.74, 6) is 0.449. The quantitative estimate of drug-likeness (QED) is 0.420. The highest BCUT2D eigenvalue weighted by molar-refractivity contribution is 6.31. The second-order valence-electron chi connectivity index (χ2n) is 9.14. The van der Waals surface area contributed by atoms with Crippen LogP contribution in [0.3, 0.4) is 0 Å². The molecule has 1 fully saturated rings. The Morgan fingerprint density at radius 3 is 2.68 bits per heavy atom. The second-order valence-corrected chi connectivity index (χ2v) is 9.58. The van der Waals surface area contributed by atoms with Crippen LogP contribution in [0.1, 0.15) is 33.6 Å². The van der Waals surface area contributed by atoms with Crippen molar-refractivity contribution >= 4 is 34.9 Å². The molecule has 0 bridgehead atoms.